The van der Waals surface area contributed by atoms with E-state index in [1.165, 1.54) is 5.56 Å². The topological polar surface area (TPSA) is 38.1 Å². The predicted molar refractivity (Wildman–Crippen MR) is 73.6 cm³/mol. The van der Waals surface area contributed by atoms with Crippen molar-refractivity contribution in [3.8, 4) is 0 Å². The zero-order chi connectivity index (χ0) is 12.3. The third-order valence-corrected chi connectivity index (χ3v) is 4.19. The number of nitrogens with zero attached hydrogens (tertiary/aromatic N) is 1. The van der Waals surface area contributed by atoms with Gasteiger partial charge in [0.1, 0.15) is 5.76 Å². The predicted octanol–water partition coefficient (Wildman–Crippen LogP) is 4.05. The molecule has 0 aliphatic rings. The maximum Gasteiger partial charge on any atom is 0.183 e. The van der Waals surface area contributed by atoms with Crippen molar-refractivity contribution in [1.29, 1.82) is 0 Å². The van der Waals surface area contributed by atoms with Crippen molar-refractivity contribution in [2.24, 2.45) is 0 Å². The van der Waals surface area contributed by atoms with Gasteiger partial charge in [-0.25, -0.2) is 0 Å². The zero-order valence-corrected chi connectivity index (χ0v) is 12.5. The Hall–Kier alpha value is -0.650. The van der Waals surface area contributed by atoms with Crippen molar-refractivity contribution in [1.82, 2.24) is 10.3 Å². The Labute approximate surface area is 117 Å². The first kappa shape index (κ1) is 12.8. The monoisotopic (exact) mass is 358 g/mol. The third-order valence-electron chi connectivity index (χ3n) is 2.48. The van der Waals surface area contributed by atoms with Crippen molar-refractivity contribution in [3.05, 3.63) is 51.1 Å². The highest BCUT2D eigenvalue weighted by atomic mass is 79.9. The SMILES string of the molecule is C[C@H](NCc1cc(Br)c(Br)o1)c1ccncc1. The fourth-order valence-corrected chi connectivity index (χ4v) is 2.16. The molecule has 5 heteroatoms. The highest BCUT2D eigenvalue weighted by Crippen LogP contribution is 2.26. The smallest absolute Gasteiger partial charge is 0.183 e. The van der Waals surface area contributed by atoms with E-state index in [1.807, 2.05) is 18.2 Å². The van der Waals surface area contributed by atoms with Gasteiger partial charge in [0.15, 0.2) is 4.67 Å². The number of nitrogens with one attached hydrogen (secondary N) is 1. The highest BCUT2D eigenvalue weighted by Gasteiger charge is 2.08. The van der Waals surface area contributed by atoms with Crippen molar-refractivity contribution < 1.29 is 4.42 Å². The minimum atomic E-state index is 0.264. The van der Waals surface area contributed by atoms with Gasteiger partial charge in [0.05, 0.1) is 11.0 Å². The van der Waals surface area contributed by atoms with Crippen LogP contribution < -0.4 is 5.32 Å². The molecule has 90 valence electrons. The lowest BCUT2D eigenvalue weighted by molar-refractivity contribution is 0.446. The Bertz CT molecular complexity index is 465. The average molecular weight is 360 g/mol. The summed E-state index contributed by atoms with van der Waals surface area (Å²) < 4.78 is 7.16. The lowest BCUT2D eigenvalue weighted by atomic mass is 10.1. The molecule has 0 radical (unpaired) electrons. The molecule has 0 aromatic carbocycles. The number of aromatic nitrogens is 1. The molecule has 0 saturated heterocycles. The number of pyridine rings is 1. The Morgan fingerprint density at radius 1 is 1.35 bits per heavy atom. The van der Waals surface area contributed by atoms with Crippen LogP contribution in [0.15, 0.2) is 44.2 Å². The first-order valence-corrected chi connectivity index (χ1v) is 6.82. The normalized spacial score (nSPS) is 12.6. The van der Waals surface area contributed by atoms with Crippen LogP contribution in [0.5, 0.6) is 0 Å². The minimum Gasteiger partial charge on any atom is -0.452 e. The van der Waals surface area contributed by atoms with Crippen molar-refractivity contribution in [2.45, 2.75) is 19.5 Å². The Morgan fingerprint density at radius 3 is 2.65 bits per heavy atom. The van der Waals surface area contributed by atoms with Crippen LogP contribution in [0.3, 0.4) is 0 Å². The van der Waals surface area contributed by atoms with Crippen LogP contribution in [0.2, 0.25) is 0 Å². The summed E-state index contributed by atoms with van der Waals surface area (Å²) >= 11 is 6.71. The van der Waals surface area contributed by atoms with Gasteiger partial charge >= 0.3 is 0 Å². The Kier molecular flexibility index (Phi) is 4.36. The number of hydrogen-bond acceptors (Lipinski definition) is 3. The van der Waals surface area contributed by atoms with Crippen molar-refractivity contribution >= 4 is 31.9 Å². The van der Waals surface area contributed by atoms with Gasteiger partial charge in [0.2, 0.25) is 0 Å². The van der Waals surface area contributed by atoms with Crippen LogP contribution in [0.4, 0.5) is 0 Å². The second kappa shape index (κ2) is 5.80. The van der Waals surface area contributed by atoms with Crippen LogP contribution in [-0.2, 0) is 6.54 Å². The average Bonchev–Trinajstić information content (AvgIpc) is 2.67. The second-order valence-corrected chi connectivity index (χ2v) is 5.29. The van der Waals surface area contributed by atoms with Gasteiger partial charge in [-0.3, -0.25) is 4.98 Å². The molecule has 0 bridgehead atoms. The first-order valence-electron chi connectivity index (χ1n) is 5.24. The quantitative estimate of drug-likeness (QED) is 0.894. The van der Waals surface area contributed by atoms with Crippen LogP contribution in [0.25, 0.3) is 0 Å². The van der Waals surface area contributed by atoms with Gasteiger partial charge in [0.25, 0.3) is 0 Å². The molecule has 1 N–H and O–H groups in total. The molecule has 0 fully saturated rings. The molecule has 2 aromatic rings. The van der Waals surface area contributed by atoms with Gasteiger partial charge in [-0.05, 0) is 62.5 Å². The molecule has 0 saturated carbocycles. The molecular formula is C12H12Br2N2O. The molecule has 0 aliphatic carbocycles. The molecular weight excluding hydrogens is 348 g/mol. The Balaban J connectivity index is 1.94. The summed E-state index contributed by atoms with van der Waals surface area (Å²) in [4.78, 5) is 4.00. The number of hydrogen-bond donors (Lipinski definition) is 1. The number of rotatable bonds is 4. The van der Waals surface area contributed by atoms with E-state index in [-0.39, 0.29) is 6.04 Å². The maximum absolute atomic E-state index is 5.50. The van der Waals surface area contributed by atoms with Crippen molar-refractivity contribution in [3.63, 3.8) is 0 Å². The summed E-state index contributed by atoms with van der Waals surface area (Å²) in [7, 11) is 0. The first-order chi connectivity index (χ1) is 8.16. The molecule has 0 amide bonds. The molecule has 2 aromatic heterocycles. The molecule has 17 heavy (non-hydrogen) atoms. The fourth-order valence-electron chi connectivity index (χ4n) is 1.50. The molecule has 1 atom stereocenters. The van der Waals surface area contributed by atoms with Crippen LogP contribution >= 0.6 is 31.9 Å². The molecule has 2 heterocycles. The molecule has 0 aliphatic heterocycles. The fraction of sp³-hybridized carbons (Fsp3) is 0.250. The zero-order valence-electron chi connectivity index (χ0n) is 9.28. The van der Waals surface area contributed by atoms with E-state index in [2.05, 4.69) is 49.1 Å². The largest absolute Gasteiger partial charge is 0.452 e. The summed E-state index contributed by atoms with van der Waals surface area (Å²) in [5, 5.41) is 3.39. The second-order valence-electron chi connectivity index (χ2n) is 3.72. The number of furan rings is 1. The van der Waals surface area contributed by atoms with Gasteiger partial charge in [-0.15, -0.1) is 0 Å². The van der Waals surface area contributed by atoms with E-state index in [4.69, 9.17) is 4.42 Å². The maximum atomic E-state index is 5.50. The van der Waals surface area contributed by atoms with E-state index in [9.17, 15) is 0 Å². The van der Waals surface area contributed by atoms with Gasteiger partial charge < -0.3 is 9.73 Å². The van der Waals surface area contributed by atoms with E-state index >= 15 is 0 Å². The standard InChI is InChI=1S/C12H12Br2N2O/c1-8(9-2-4-15-5-3-9)16-7-10-6-11(13)12(14)17-10/h2-6,8,16H,7H2,1H3/t8-/m0/s1. The lowest BCUT2D eigenvalue weighted by Gasteiger charge is -2.12. The van der Waals surface area contributed by atoms with Gasteiger partial charge in [0, 0.05) is 18.4 Å². The van der Waals surface area contributed by atoms with E-state index in [1.54, 1.807) is 12.4 Å². The molecule has 3 nitrogen and oxygen atoms in total. The van der Waals surface area contributed by atoms with Crippen LogP contribution in [0.1, 0.15) is 24.3 Å². The molecule has 0 spiro atoms. The third kappa shape index (κ3) is 3.40. The van der Waals surface area contributed by atoms with Gasteiger partial charge in [-0.2, -0.15) is 0 Å². The summed E-state index contributed by atoms with van der Waals surface area (Å²) in [5.41, 5.74) is 1.21. The summed E-state index contributed by atoms with van der Waals surface area (Å²) in [6, 6.07) is 6.23. The van der Waals surface area contributed by atoms with E-state index in [0.717, 1.165) is 14.9 Å². The summed E-state index contributed by atoms with van der Waals surface area (Å²) in [6.45, 7) is 2.80. The molecule has 2 rings (SSSR count). The van der Waals surface area contributed by atoms with Crippen LogP contribution in [-0.4, -0.2) is 4.98 Å². The Morgan fingerprint density at radius 2 is 2.06 bits per heavy atom. The van der Waals surface area contributed by atoms with Crippen LogP contribution in [0, 0.1) is 0 Å². The van der Waals surface area contributed by atoms with Crippen molar-refractivity contribution in [2.75, 3.05) is 0 Å². The summed E-state index contributed by atoms with van der Waals surface area (Å²) in [6.07, 6.45) is 3.60. The molecule has 0 unspecified atom stereocenters. The van der Waals surface area contributed by atoms with Gasteiger partial charge in [-0.1, -0.05) is 0 Å². The number of halogens is 2. The minimum absolute atomic E-state index is 0.264. The summed E-state index contributed by atoms with van der Waals surface area (Å²) in [5.74, 6) is 0.893. The van der Waals surface area contributed by atoms with E-state index < -0.39 is 0 Å². The lowest BCUT2D eigenvalue weighted by Crippen LogP contribution is -2.17. The van der Waals surface area contributed by atoms with E-state index in [0.29, 0.717) is 6.54 Å². The highest BCUT2D eigenvalue weighted by molar-refractivity contribution is 9.13.